The Bertz CT molecular complexity index is 861. The summed E-state index contributed by atoms with van der Waals surface area (Å²) < 4.78 is 1.74. The van der Waals surface area contributed by atoms with Gasteiger partial charge < -0.3 is 14.7 Å². The molecule has 0 amide bonds. The van der Waals surface area contributed by atoms with Crippen molar-refractivity contribution in [1.82, 2.24) is 14.5 Å². The third-order valence-electron chi connectivity index (χ3n) is 3.20. The van der Waals surface area contributed by atoms with Crippen molar-refractivity contribution in [2.75, 3.05) is 0 Å². The normalized spacial score (nSPS) is 11.2. The van der Waals surface area contributed by atoms with E-state index in [0.29, 0.717) is 23.0 Å². The number of carboxylic acid groups (broad SMARTS) is 1. The van der Waals surface area contributed by atoms with Crippen LogP contribution in [0.5, 0.6) is 0 Å². The number of aromatic amines is 1. The number of hydrogen-bond acceptors (Lipinski definition) is 3. The third-order valence-corrected chi connectivity index (χ3v) is 3.20. The number of aromatic nitrogens is 3. The molecule has 96 valence electrons. The lowest BCUT2D eigenvalue weighted by molar-refractivity contribution is 0.0695. The SMILES string of the molecule is CCn1cc(C(=O)O)c(=O)c2ccc3[nH]cnc3c21. The van der Waals surface area contributed by atoms with E-state index in [1.54, 1.807) is 23.0 Å². The maximum Gasteiger partial charge on any atom is 0.341 e. The molecule has 0 saturated carbocycles. The van der Waals surface area contributed by atoms with E-state index in [1.807, 2.05) is 6.92 Å². The van der Waals surface area contributed by atoms with Gasteiger partial charge in [-0.2, -0.15) is 0 Å². The Morgan fingerprint density at radius 1 is 1.47 bits per heavy atom. The van der Waals surface area contributed by atoms with Crippen LogP contribution in [0, 0.1) is 0 Å². The van der Waals surface area contributed by atoms with E-state index in [1.165, 1.54) is 6.20 Å². The number of H-pyrrole nitrogens is 1. The van der Waals surface area contributed by atoms with Crippen LogP contribution in [0.2, 0.25) is 0 Å². The zero-order valence-corrected chi connectivity index (χ0v) is 10.2. The summed E-state index contributed by atoms with van der Waals surface area (Å²) in [6.07, 6.45) is 2.93. The monoisotopic (exact) mass is 257 g/mol. The first-order valence-electron chi connectivity index (χ1n) is 5.86. The zero-order valence-electron chi connectivity index (χ0n) is 10.2. The van der Waals surface area contributed by atoms with E-state index in [4.69, 9.17) is 5.11 Å². The van der Waals surface area contributed by atoms with E-state index < -0.39 is 11.4 Å². The van der Waals surface area contributed by atoms with E-state index in [0.717, 1.165) is 5.52 Å². The molecule has 3 aromatic rings. The minimum absolute atomic E-state index is 0.218. The smallest absolute Gasteiger partial charge is 0.341 e. The lowest BCUT2D eigenvalue weighted by atomic mass is 10.1. The number of benzene rings is 1. The van der Waals surface area contributed by atoms with Gasteiger partial charge in [-0.05, 0) is 19.1 Å². The number of fused-ring (bicyclic) bond motifs is 3. The number of nitrogens with one attached hydrogen (secondary N) is 1. The molecule has 19 heavy (non-hydrogen) atoms. The topological polar surface area (TPSA) is 88.0 Å². The molecule has 2 aromatic heterocycles. The van der Waals surface area contributed by atoms with Crippen LogP contribution in [0.1, 0.15) is 17.3 Å². The van der Waals surface area contributed by atoms with Gasteiger partial charge in [0.05, 0.1) is 17.4 Å². The van der Waals surface area contributed by atoms with Crippen LogP contribution in [0.15, 0.2) is 29.5 Å². The van der Waals surface area contributed by atoms with Gasteiger partial charge in [0.25, 0.3) is 0 Å². The Labute approximate surface area is 107 Å². The highest BCUT2D eigenvalue weighted by molar-refractivity contribution is 6.03. The number of pyridine rings is 1. The van der Waals surface area contributed by atoms with Gasteiger partial charge >= 0.3 is 5.97 Å². The number of nitrogens with zero attached hydrogens (tertiary/aromatic N) is 2. The van der Waals surface area contributed by atoms with Gasteiger partial charge in [0, 0.05) is 18.1 Å². The molecular formula is C13H11N3O3. The van der Waals surface area contributed by atoms with Crippen molar-refractivity contribution in [2.45, 2.75) is 13.5 Å². The molecule has 6 nitrogen and oxygen atoms in total. The number of imidazole rings is 1. The summed E-state index contributed by atoms with van der Waals surface area (Å²) in [6.45, 7) is 2.45. The average molecular weight is 257 g/mol. The zero-order chi connectivity index (χ0) is 13.6. The standard InChI is InChI=1S/C13H11N3O3/c1-2-16-5-8(13(18)19)12(17)7-3-4-9-10(11(7)16)15-6-14-9/h3-6H,2H2,1H3,(H,14,15)(H,18,19). The third kappa shape index (κ3) is 1.53. The van der Waals surface area contributed by atoms with Crippen LogP contribution in [0.25, 0.3) is 21.9 Å². The van der Waals surface area contributed by atoms with Crippen LogP contribution in [-0.2, 0) is 6.54 Å². The first-order valence-corrected chi connectivity index (χ1v) is 5.86. The van der Waals surface area contributed by atoms with Crippen molar-refractivity contribution in [2.24, 2.45) is 0 Å². The number of rotatable bonds is 2. The Hall–Kier alpha value is -2.63. The molecule has 3 rings (SSSR count). The summed E-state index contributed by atoms with van der Waals surface area (Å²) in [5.41, 5.74) is 1.46. The first-order chi connectivity index (χ1) is 9.13. The van der Waals surface area contributed by atoms with Crippen molar-refractivity contribution in [3.05, 3.63) is 40.4 Å². The summed E-state index contributed by atoms with van der Waals surface area (Å²) in [4.78, 5) is 30.5. The Morgan fingerprint density at radius 3 is 2.95 bits per heavy atom. The first kappa shape index (κ1) is 11.5. The molecule has 2 heterocycles. The van der Waals surface area contributed by atoms with E-state index in [-0.39, 0.29) is 5.56 Å². The maximum absolute atomic E-state index is 12.2. The van der Waals surface area contributed by atoms with Crippen molar-refractivity contribution >= 4 is 27.9 Å². The van der Waals surface area contributed by atoms with Gasteiger partial charge in [0.15, 0.2) is 0 Å². The molecule has 0 atom stereocenters. The molecule has 0 unspecified atom stereocenters. The molecule has 1 aromatic carbocycles. The van der Waals surface area contributed by atoms with Crippen molar-refractivity contribution in [3.63, 3.8) is 0 Å². The Balaban J connectivity index is 2.59. The predicted octanol–water partition coefficient (Wildman–Crippen LogP) is 1.60. The number of aromatic carboxylic acids is 1. The highest BCUT2D eigenvalue weighted by atomic mass is 16.4. The summed E-state index contributed by atoms with van der Waals surface area (Å²) in [5.74, 6) is -1.21. The van der Waals surface area contributed by atoms with Gasteiger partial charge in [-0.1, -0.05) is 0 Å². The Morgan fingerprint density at radius 2 is 2.26 bits per heavy atom. The fraction of sp³-hybridized carbons (Fsp3) is 0.154. The van der Waals surface area contributed by atoms with Crippen LogP contribution in [0.4, 0.5) is 0 Å². The molecule has 0 aliphatic carbocycles. The summed E-state index contributed by atoms with van der Waals surface area (Å²) in [7, 11) is 0. The van der Waals surface area contributed by atoms with Gasteiger partial charge in [-0.15, -0.1) is 0 Å². The molecule has 2 N–H and O–H groups in total. The molecule has 0 radical (unpaired) electrons. The average Bonchev–Trinajstić information content (AvgIpc) is 2.87. The lowest BCUT2D eigenvalue weighted by Crippen LogP contribution is -2.18. The van der Waals surface area contributed by atoms with E-state index >= 15 is 0 Å². The quantitative estimate of drug-likeness (QED) is 0.729. The fourth-order valence-electron chi connectivity index (χ4n) is 2.29. The highest BCUT2D eigenvalue weighted by Crippen LogP contribution is 2.21. The van der Waals surface area contributed by atoms with E-state index in [2.05, 4.69) is 9.97 Å². The van der Waals surface area contributed by atoms with Crippen molar-refractivity contribution < 1.29 is 9.90 Å². The summed E-state index contributed by atoms with van der Waals surface area (Å²) in [6, 6.07) is 3.37. The summed E-state index contributed by atoms with van der Waals surface area (Å²) in [5, 5.41) is 9.46. The van der Waals surface area contributed by atoms with Crippen LogP contribution in [0.3, 0.4) is 0 Å². The number of aryl methyl sites for hydroxylation is 1. The molecule has 0 aliphatic heterocycles. The number of hydrogen-bond donors (Lipinski definition) is 2. The van der Waals surface area contributed by atoms with E-state index in [9.17, 15) is 9.59 Å². The highest BCUT2D eigenvalue weighted by Gasteiger charge is 2.16. The van der Waals surface area contributed by atoms with Crippen molar-refractivity contribution in [3.8, 4) is 0 Å². The second-order valence-corrected chi connectivity index (χ2v) is 4.22. The van der Waals surface area contributed by atoms with Crippen molar-refractivity contribution in [1.29, 1.82) is 0 Å². The van der Waals surface area contributed by atoms with Crippen LogP contribution in [-0.4, -0.2) is 25.6 Å². The number of carboxylic acids is 1. The molecule has 0 spiro atoms. The number of carbonyl (C=O) groups is 1. The fourth-order valence-corrected chi connectivity index (χ4v) is 2.29. The molecular weight excluding hydrogens is 246 g/mol. The van der Waals surface area contributed by atoms with Gasteiger partial charge in [-0.25, -0.2) is 9.78 Å². The molecule has 0 saturated heterocycles. The largest absolute Gasteiger partial charge is 0.477 e. The second kappa shape index (κ2) is 3.94. The Kier molecular flexibility index (Phi) is 2.38. The lowest BCUT2D eigenvalue weighted by Gasteiger charge is -2.10. The van der Waals surface area contributed by atoms with Gasteiger partial charge in [0.1, 0.15) is 11.1 Å². The summed E-state index contributed by atoms with van der Waals surface area (Å²) >= 11 is 0. The maximum atomic E-state index is 12.2. The van der Waals surface area contributed by atoms with Gasteiger partial charge in [-0.3, -0.25) is 4.79 Å². The molecule has 0 fully saturated rings. The molecule has 0 aliphatic rings. The second-order valence-electron chi connectivity index (χ2n) is 4.22. The van der Waals surface area contributed by atoms with Crippen LogP contribution >= 0.6 is 0 Å². The molecule has 6 heteroatoms. The van der Waals surface area contributed by atoms with Crippen LogP contribution < -0.4 is 5.43 Å². The van der Waals surface area contributed by atoms with Gasteiger partial charge in [0.2, 0.25) is 5.43 Å². The predicted molar refractivity (Wildman–Crippen MR) is 70.5 cm³/mol. The minimum atomic E-state index is -1.21. The minimum Gasteiger partial charge on any atom is -0.477 e. The molecule has 0 bridgehead atoms.